The second-order valence-corrected chi connectivity index (χ2v) is 7.41. The first-order valence-electron chi connectivity index (χ1n) is 9.52. The van der Waals surface area contributed by atoms with Crippen molar-refractivity contribution in [3.05, 3.63) is 29.8 Å². The quantitative estimate of drug-likeness (QED) is 0.348. The van der Waals surface area contributed by atoms with E-state index in [1.54, 1.807) is 7.05 Å². The van der Waals surface area contributed by atoms with E-state index in [4.69, 9.17) is 0 Å². The van der Waals surface area contributed by atoms with Crippen LogP contribution in [0, 0.1) is 11.8 Å². The largest absolute Gasteiger partial charge is 0.353 e. The first-order valence-corrected chi connectivity index (χ1v) is 9.52. The van der Waals surface area contributed by atoms with E-state index in [1.165, 1.54) is 25.7 Å². The van der Waals surface area contributed by atoms with Crippen LogP contribution in [0.2, 0.25) is 0 Å². The SMILES string of the molecule is CN=C(NCc1cccc(NC(=O)C2CCCCC2)c1)NC1CC1C.I. The molecule has 2 aliphatic carbocycles. The van der Waals surface area contributed by atoms with Crippen LogP contribution in [0.1, 0.15) is 51.0 Å². The molecule has 0 aliphatic heterocycles. The number of rotatable bonds is 5. The highest BCUT2D eigenvalue weighted by Crippen LogP contribution is 2.28. The molecule has 2 fully saturated rings. The summed E-state index contributed by atoms with van der Waals surface area (Å²) in [6.45, 7) is 2.93. The second kappa shape index (κ2) is 10.1. The fourth-order valence-corrected chi connectivity index (χ4v) is 3.45. The number of anilines is 1. The van der Waals surface area contributed by atoms with E-state index in [0.717, 1.165) is 36.0 Å². The topological polar surface area (TPSA) is 65.5 Å². The lowest BCUT2D eigenvalue weighted by molar-refractivity contribution is -0.120. The summed E-state index contributed by atoms with van der Waals surface area (Å²) in [5.74, 6) is 1.92. The molecule has 5 nitrogen and oxygen atoms in total. The molecule has 2 saturated carbocycles. The fourth-order valence-electron chi connectivity index (χ4n) is 3.45. The van der Waals surface area contributed by atoms with E-state index in [2.05, 4.69) is 33.9 Å². The Kier molecular flexibility index (Phi) is 8.18. The summed E-state index contributed by atoms with van der Waals surface area (Å²) in [5.41, 5.74) is 2.02. The number of hydrogen-bond donors (Lipinski definition) is 3. The Bertz CT molecular complexity index is 628. The van der Waals surface area contributed by atoms with Gasteiger partial charge in [-0.1, -0.05) is 38.3 Å². The average Bonchev–Trinajstić information content (AvgIpc) is 3.34. The van der Waals surface area contributed by atoms with Crippen molar-refractivity contribution in [2.24, 2.45) is 16.8 Å². The Labute approximate surface area is 173 Å². The Hall–Kier alpha value is -1.31. The predicted octanol–water partition coefficient (Wildman–Crippen LogP) is 3.90. The third-order valence-corrected chi connectivity index (χ3v) is 5.29. The summed E-state index contributed by atoms with van der Waals surface area (Å²) in [4.78, 5) is 16.7. The van der Waals surface area contributed by atoms with Crippen molar-refractivity contribution in [1.82, 2.24) is 10.6 Å². The second-order valence-electron chi connectivity index (χ2n) is 7.41. The number of nitrogens with zero attached hydrogens (tertiary/aromatic N) is 1. The minimum absolute atomic E-state index is 0. The molecule has 1 aromatic rings. The van der Waals surface area contributed by atoms with Crippen molar-refractivity contribution in [2.45, 2.75) is 58.0 Å². The Morgan fingerprint density at radius 1 is 1.23 bits per heavy atom. The van der Waals surface area contributed by atoms with Crippen LogP contribution in [-0.4, -0.2) is 25.0 Å². The third-order valence-electron chi connectivity index (χ3n) is 5.29. The van der Waals surface area contributed by atoms with Gasteiger partial charge in [-0.3, -0.25) is 9.79 Å². The zero-order chi connectivity index (χ0) is 17.6. The molecule has 2 unspecified atom stereocenters. The molecule has 0 saturated heterocycles. The highest BCUT2D eigenvalue weighted by molar-refractivity contribution is 14.0. The molecule has 2 aliphatic rings. The van der Waals surface area contributed by atoms with Gasteiger partial charge in [0, 0.05) is 31.2 Å². The standard InChI is InChI=1S/C20H30N4O.HI/c1-14-11-18(14)24-20(21-2)22-13-15-7-6-10-17(12-15)23-19(25)16-8-4-3-5-9-16;/h6-7,10,12,14,16,18H,3-5,8-9,11,13H2,1-2H3,(H,23,25)(H2,21,22,24);1H. The van der Waals surface area contributed by atoms with Crippen LogP contribution in [0.15, 0.2) is 29.3 Å². The van der Waals surface area contributed by atoms with Crippen LogP contribution >= 0.6 is 24.0 Å². The summed E-state index contributed by atoms with van der Waals surface area (Å²) in [5, 5.41) is 9.86. The monoisotopic (exact) mass is 470 g/mol. The van der Waals surface area contributed by atoms with Gasteiger partial charge >= 0.3 is 0 Å². The highest BCUT2D eigenvalue weighted by Gasteiger charge is 2.33. The van der Waals surface area contributed by atoms with Crippen molar-refractivity contribution in [2.75, 3.05) is 12.4 Å². The molecule has 0 aromatic heterocycles. The number of hydrogen-bond acceptors (Lipinski definition) is 2. The molecule has 0 bridgehead atoms. The molecule has 0 spiro atoms. The molecule has 3 rings (SSSR count). The lowest BCUT2D eigenvalue weighted by Gasteiger charge is -2.21. The first-order chi connectivity index (χ1) is 12.2. The molecule has 144 valence electrons. The molecule has 0 radical (unpaired) electrons. The molecule has 26 heavy (non-hydrogen) atoms. The van der Waals surface area contributed by atoms with E-state index in [0.29, 0.717) is 12.6 Å². The van der Waals surface area contributed by atoms with Gasteiger partial charge < -0.3 is 16.0 Å². The summed E-state index contributed by atoms with van der Waals surface area (Å²) < 4.78 is 0. The van der Waals surface area contributed by atoms with E-state index in [1.807, 2.05) is 18.2 Å². The van der Waals surface area contributed by atoms with Crippen LogP contribution in [0.5, 0.6) is 0 Å². The van der Waals surface area contributed by atoms with Gasteiger partial charge in [0.2, 0.25) is 5.91 Å². The first kappa shape index (κ1) is 21.0. The van der Waals surface area contributed by atoms with Crippen molar-refractivity contribution in [3.8, 4) is 0 Å². The number of carbonyl (C=O) groups excluding carboxylic acids is 1. The predicted molar refractivity (Wildman–Crippen MR) is 118 cm³/mol. The zero-order valence-corrected chi connectivity index (χ0v) is 18.1. The van der Waals surface area contributed by atoms with Gasteiger partial charge in [-0.05, 0) is 42.9 Å². The number of amides is 1. The number of aliphatic imine (C=N–C) groups is 1. The Morgan fingerprint density at radius 3 is 2.62 bits per heavy atom. The van der Waals surface area contributed by atoms with Gasteiger partial charge in [-0.15, -0.1) is 24.0 Å². The van der Waals surface area contributed by atoms with Gasteiger partial charge in [0.05, 0.1) is 0 Å². The number of carbonyl (C=O) groups is 1. The number of benzene rings is 1. The van der Waals surface area contributed by atoms with Gasteiger partial charge in [0.1, 0.15) is 0 Å². The Balaban J connectivity index is 0.00000243. The normalized spacial score (nSPS) is 22.9. The van der Waals surface area contributed by atoms with Gasteiger partial charge in [-0.25, -0.2) is 0 Å². The third kappa shape index (κ3) is 6.14. The molecule has 3 N–H and O–H groups in total. The molecular formula is C20H31IN4O. The maximum Gasteiger partial charge on any atom is 0.227 e. The summed E-state index contributed by atoms with van der Waals surface area (Å²) >= 11 is 0. The number of halogens is 1. The van der Waals surface area contributed by atoms with E-state index in [-0.39, 0.29) is 35.8 Å². The van der Waals surface area contributed by atoms with Crippen molar-refractivity contribution in [3.63, 3.8) is 0 Å². The molecule has 1 aromatic carbocycles. The van der Waals surface area contributed by atoms with Crippen molar-refractivity contribution in [1.29, 1.82) is 0 Å². The number of nitrogens with one attached hydrogen (secondary N) is 3. The van der Waals surface area contributed by atoms with Crippen LogP contribution in [0.4, 0.5) is 5.69 Å². The van der Waals surface area contributed by atoms with Crippen molar-refractivity contribution < 1.29 is 4.79 Å². The minimum Gasteiger partial charge on any atom is -0.353 e. The lowest BCUT2D eigenvalue weighted by atomic mass is 9.88. The molecule has 6 heteroatoms. The maximum atomic E-state index is 12.4. The maximum absolute atomic E-state index is 12.4. The van der Waals surface area contributed by atoms with Crippen LogP contribution < -0.4 is 16.0 Å². The van der Waals surface area contributed by atoms with Crippen LogP contribution in [0.3, 0.4) is 0 Å². The van der Waals surface area contributed by atoms with E-state index < -0.39 is 0 Å². The van der Waals surface area contributed by atoms with E-state index >= 15 is 0 Å². The molecule has 0 heterocycles. The van der Waals surface area contributed by atoms with Gasteiger partial charge in [-0.2, -0.15) is 0 Å². The van der Waals surface area contributed by atoms with Gasteiger partial charge in [0.25, 0.3) is 0 Å². The van der Waals surface area contributed by atoms with Crippen LogP contribution in [0.25, 0.3) is 0 Å². The molecule has 2 atom stereocenters. The minimum atomic E-state index is 0. The average molecular weight is 470 g/mol. The zero-order valence-electron chi connectivity index (χ0n) is 15.8. The fraction of sp³-hybridized carbons (Fsp3) is 0.600. The smallest absolute Gasteiger partial charge is 0.227 e. The van der Waals surface area contributed by atoms with Crippen LogP contribution in [-0.2, 0) is 11.3 Å². The van der Waals surface area contributed by atoms with Crippen molar-refractivity contribution >= 4 is 41.5 Å². The number of guanidine groups is 1. The van der Waals surface area contributed by atoms with E-state index in [9.17, 15) is 4.79 Å². The van der Waals surface area contributed by atoms with Gasteiger partial charge in [0.15, 0.2) is 5.96 Å². The Morgan fingerprint density at radius 2 is 1.96 bits per heavy atom. The molecule has 1 amide bonds. The summed E-state index contributed by atoms with van der Waals surface area (Å²) in [6.07, 6.45) is 6.87. The molecular weight excluding hydrogens is 439 g/mol. The summed E-state index contributed by atoms with van der Waals surface area (Å²) in [6, 6.07) is 8.61. The lowest BCUT2D eigenvalue weighted by Crippen LogP contribution is -2.38. The highest BCUT2D eigenvalue weighted by atomic mass is 127. The summed E-state index contributed by atoms with van der Waals surface area (Å²) in [7, 11) is 1.79.